The van der Waals surface area contributed by atoms with Crippen molar-refractivity contribution >= 4 is 28.2 Å². The second-order valence-corrected chi connectivity index (χ2v) is 6.22. The highest BCUT2D eigenvalue weighted by Crippen LogP contribution is 2.32. The Morgan fingerprint density at radius 3 is 2.38 bits per heavy atom. The van der Waals surface area contributed by atoms with Crippen LogP contribution in [0.1, 0.15) is 42.3 Å². The zero-order chi connectivity index (χ0) is 15.7. The SMILES string of the molecule is Cc1cccc(C(=O)Nc2sc(C)c(C)c2C(=O)O)c1C. The molecular formula is C16H17NO3S. The van der Waals surface area contributed by atoms with Crippen molar-refractivity contribution in [2.45, 2.75) is 27.7 Å². The van der Waals surface area contributed by atoms with Gasteiger partial charge in [0, 0.05) is 10.4 Å². The van der Waals surface area contributed by atoms with Crippen molar-refractivity contribution in [2.75, 3.05) is 5.32 Å². The molecule has 1 aromatic heterocycles. The molecule has 0 aliphatic heterocycles. The van der Waals surface area contributed by atoms with Crippen LogP contribution in [0.5, 0.6) is 0 Å². The van der Waals surface area contributed by atoms with Gasteiger partial charge >= 0.3 is 5.97 Å². The van der Waals surface area contributed by atoms with E-state index < -0.39 is 5.97 Å². The number of hydrogen-bond donors (Lipinski definition) is 2. The maximum atomic E-state index is 12.4. The fourth-order valence-corrected chi connectivity index (χ4v) is 3.19. The van der Waals surface area contributed by atoms with Gasteiger partial charge in [0.2, 0.25) is 0 Å². The van der Waals surface area contributed by atoms with Crippen LogP contribution in [-0.2, 0) is 0 Å². The van der Waals surface area contributed by atoms with E-state index in [1.54, 1.807) is 13.0 Å². The number of hydrogen-bond acceptors (Lipinski definition) is 3. The quantitative estimate of drug-likeness (QED) is 0.902. The van der Waals surface area contributed by atoms with E-state index in [1.165, 1.54) is 11.3 Å². The molecule has 0 fully saturated rings. The van der Waals surface area contributed by atoms with Gasteiger partial charge in [-0.05, 0) is 50.5 Å². The minimum absolute atomic E-state index is 0.177. The third-order valence-corrected chi connectivity index (χ3v) is 4.80. The first-order valence-electron chi connectivity index (χ1n) is 6.53. The molecule has 1 heterocycles. The highest BCUT2D eigenvalue weighted by Gasteiger charge is 2.21. The molecule has 0 saturated carbocycles. The van der Waals surface area contributed by atoms with E-state index in [1.807, 2.05) is 32.9 Å². The summed E-state index contributed by atoms with van der Waals surface area (Å²) >= 11 is 1.29. The van der Waals surface area contributed by atoms with Gasteiger partial charge < -0.3 is 10.4 Å². The number of carboxylic acid groups (broad SMARTS) is 1. The Morgan fingerprint density at radius 1 is 1.10 bits per heavy atom. The number of nitrogens with one attached hydrogen (secondary N) is 1. The van der Waals surface area contributed by atoms with E-state index in [0.29, 0.717) is 16.1 Å². The van der Waals surface area contributed by atoms with Gasteiger partial charge in [-0.3, -0.25) is 4.79 Å². The van der Waals surface area contributed by atoms with Crippen LogP contribution in [0.3, 0.4) is 0 Å². The number of carbonyl (C=O) groups excluding carboxylic acids is 1. The van der Waals surface area contributed by atoms with Crippen molar-refractivity contribution in [2.24, 2.45) is 0 Å². The molecule has 0 saturated heterocycles. The summed E-state index contributed by atoms with van der Waals surface area (Å²) in [4.78, 5) is 24.6. The average molecular weight is 303 g/mol. The van der Waals surface area contributed by atoms with Crippen molar-refractivity contribution in [3.63, 3.8) is 0 Å². The van der Waals surface area contributed by atoms with Crippen molar-refractivity contribution in [1.29, 1.82) is 0 Å². The van der Waals surface area contributed by atoms with Crippen LogP contribution in [-0.4, -0.2) is 17.0 Å². The van der Waals surface area contributed by atoms with Gasteiger partial charge in [-0.2, -0.15) is 0 Å². The Morgan fingerprint density at radius 2 is 1.76 bits per heavy atom. The first kappa shape index (κ1) is 15.3. The molecule has 110 valence electrons. The number of carbonyl (C=O) groups is 2. The summed E-state index contributed by atoms with van der Waals surface area (Å²) in [6.45, 7) is 7.42. The molecular weight excluding hydrogens is 286 g/mol. The predicted molar refractivity (Wildman–Crippen MR) is 84.6 cm³/mol. The highest BCUT2D eigenvalue weighted by molar-refractivity contribution is 7.16. The van der Waals surface area contributed by atoms with Gasteiger partial charge in [0.25, 0.3) is 5.91 Å². The molecule has 21 heavy (non-hydrogen) atoms. The number of amides is 1. The molecule has 2 rings (SSSR count). The Balaban J connectivity index is 2.39. The van der Waals surface area contributed by atoms with Crippen molar-refractivity contribution in [1.82, 2.24) is 0 Å². The number of anilines is 1. The van der Waals surface area contributed by atoms with Crippen molar-refractivity contribution < 1.29 is 14.7 Å². The average Bonchev–Trinajstić information content (AvgIpc) is 2.67. The van der Waals surface area contributed by atoms with Gasteiger partial charge in [-0.25, -0.2) is 4.79 Å². The first-order chi connectivity index (χ1) is 9.82. The minimum Gasteiger partial charge on any atom is -0.478 e. The van der Waals surface area contributed by atoms with Crippen LogP contribution in [0.4, 0.5) is 5.00 Å². The third-order valence-electron chi connectivity index (χ3n) is 3.68. The van der Waals surface area contributed by atoms with Crippen LogP contribution < -0.4 is 5.32 Å². The van der Waals surface area contributed by atoms with E-state index in [0.717, 1.165) is 16.0 Å². The molecule has 2 N–H and O–H groups in total. The van der Waals surface area contributed by atoms with E-state index in [-0.39, 0.29) is 11.5 Å². The molecule has 0 spiro atoms. The lowest BCUT2D eigenvalue weighted by molar-refractivity contribution is 0.0697. The van der Waals surface area contributed by atoms with E-state index in [2.05, 4.69) is 5.32 Å². The molecule has 1 amide bonds. The molecule has 0 radical (unpaired) electrons. The lowest BCUT2D eigenvalue weighted by atomic mass is 10.0. The largest absolute Gasteiger partial charge is 0.478 e. The molecule has 1 aromatic carbocycles. The molecule has 0 bridgehead atoms. The van der Waals surface area contributed by atoms with Crippen LogP contribution in [0.2, 0.25) is 0 Å². The fourth-order valence-electron chi connectivity index (χ4n) is 2.14. The van der Waals surface area contributed by atoms with Crippen LogP contribution in [0.25, 0.3) is 0 Å². The molecule has 0 aliphatic rings. The first-order valence-corrected chi connectivity index (χ1v) is 7.35. The second-order valence-electron chi connectivity index (χ2n) is 4.99. The normalized spacial score (nSPS) is 10.5. The minimum atomic E-state index is -1.02. The topological polar surface area (TPSA) is 66.4 Å². The van der Waals surface area contributed by atoms with Gasteiger partial charge in [0.05, 0.1) is 5.56 Å². The number of thiophene rings is 1. The summed E-state index contributed by atoms with van der Waals surface area (Å²) in [6, 6.07) is 5.50. The van der Waals surface area contributed by atoms with E-state index in [9.17, 15) is 14.7 Å². The molecule has 2 aromatic rings. The Hall–Kier alpha value is -2.14. The third kappa shape index (κ3) is 2.83. The summed E-state index contributed by atoms with van der Waals surface area (Å²) in [5, 5.41) is 12.4. The molecule has 5 heteroatoms. The molecule has 0 unspecified atom stereocenters. The number of rotatable bonds is 3. The van der Waals surface area contributed by atoms with Crippen LogP contribution in [0, 0.1) is 27.7 Å². The number of benzene rings is 1. The number of carboxylic acids is 1. The maximum Gasteiger partial charge on any atom is 0.338 e. The number of aromatic carboxylic acids is 1. The number of aryl methyl sites for hydroxylation is 2. The monoisotopic (exact) mass is 303 g/mol. The Kier molecular flexibility index (Phi) is 4.14. The lowest BCUT2D eigenvalue weighted by Crippen LogP contribution is -2.15. The lowest BCUT2D eigenvalue weighted by Gasteiger charge is -2.09. The van der Waals surface area contributed by atoms with Gasteiger partial charge in [0.1, 0.15) is 5.00 Å². The Labute approximate surface area is 127 Å². The maximum absolute atomic E-state index is 12.4. The summed E-state index contributed by atoms with van der Waals surface area (Å²) < 4.78 is 0. The van der Waals surface area contributed by atoms with Crippen molar-refractivity contribution in [3.8, 4) is 0 Å². The summed E-state index contributed by atoms with van der Waals surface area (Å²) in [5.74, 6) is -1.30. The van der Waals surface area contributed by atoms with Crippen LogP contribution in [0.15, 0.2) is 18.2 Å². The van der Waals surface area contributed by atoms with E-state index >= 15 is 0 Å². The molecule has 0 aliphatic carbocycles. The standard InChI is InChI=1S/C16H17NO3S/c1-8-6-5-7-12(9(8)2)14(18)17-15-13(16(19)20)10(3)11(4)21-15/h5-7H,1-4H3,(H,17,18)(H,19,20). The highest BCUT2D eigenvalue weighted by atomic mass is 32.1. The fraction of sp³-hybridized carbons (Fsp3) is 0.250. The van der Waals surface area contributed by atoms with Gasteiger partial charge in [-0.1, -0.05) is 12.1 Å². The van der Waals surface area contributed by atoms with Crippen LogP contribution >= 0.6 is 11.3 Å². The smallest absolute Gasteiger partial charge is 0.338 e. The second kappa shape index (κ2) is 5.69. The summed E-state index contributed by atoms with van der Waals surface area (Å²) in [6.07, 6.45) is 0. The summed E-state index contributed by atoms with van der Waals surface area (Å²) in [7, 11) is 0. The summed E-state index contributed by atoms with van der Waals surface area (Å²) in [5.41, 5.74) is 3.37. The van der Waals surface area contributed by atoms with Crippen molar-refractivity contribution in [3.05, 3.63) is 50.9 Å². The molecule has 4 nitrogen and oxygen atoms in total. The molecule has 0 atom stereocenters. The zero-order valence-corrected chi connectivity index (χ0v) is 13.2. The van der Waals surface area contributed by atoms with E-state index in [4.69, 9.17) is 0 Å². The van der Waals surface area contributed by atoms with Gasteiger partial charge in [0.15, 0.2) is 0 Å². The predicted octanol–water partition coefficient (Wildman–Crippen LogP) is 3.93. The Bertz CT molecular complexity index is 731. The van der Waals surface area contributed by atoms with Gasteiger partial charge in [-0.15, -0.1) is 11.3 Å². The zero-order valence-electron chi connectivity index (χ0n) is 12.4.